The molecular weight excluding hydrogens is 439 g/mol. The van der Waals surface area contributed by atoms with Crippen LogP contribution in [0.25, 0.3) is 0 Å². The molecule has 148 valence electrons. The van der Waals surface area contributed by atoms with E-state index in [4.69, 9.17) is 4.99 Å². The molecule has 0 unspecified atom stereocenters. The Kier molecular flexibility index (Phi) is 9.71. The Hall–Kier alpha value is -0.860. The van der Waals surface area contributed by atoms with Gasteiger partial charge in [-0.1, -0.05) is 45.4 Å². The third-order valence-electron chi connectivity index (χ3n) is 5.51. The number of nitrogens with one attached hydrogen (secondary N) is 2. The van der Waals surface area contributed by atoms with Crippen LogP contribution in [0.15, 0.2) is 11.3 Å². The van der Waals surface area contributed by atoms with Crippen molar-refractivity contribution >= 4 is 29.9 Å². The van der Waals surface area contributed by atoms with Gasteiger partial charge >= 0.3 is 0 Å². The molecule has 2 aliphatic rings. The molecule has 2 fully saturated rings. The molecule has 26 heavy (non-hydrogen) atoms. The van der Waals surface area contributed by atoms with Crippen molar-refractivity contribution in [3.8, 4) is 0 Å². The molecule has 0 radical (unpaired) electrons. The summed E-state index contributed by atoms with van der Waals surface area (Å²) in [5, 5.41) is 15.6. The Bertz CT molecular complexity index is 510. The summed E-state index contributed by atoms with van der Waals surface area (Å²) >= 11 is 0. The van der Waals surface area contributed by atoms with Crippen LogP contribution in [-0.2, 0) is 13.0 Å². The molecule has 2 N–H and O–H groups in total. The summed E-state index contributed by atoms with van der Waals surface area (Å²) in [6, 6.07) is 1.18. The van der Waals surface area contributed by atoms with Crippen LogP contribution in [0.3, 0.4) is 0 Å². The number of hydrogen-bond acceptors (Lipinski definition) is 3. The molecule has 0 aromatic carbocycles. The average Bonchev–Trinajstić information content (AvgIpc) is 3.11. The predicted molar refractivity (Wildman–Crippen MR) is 117 cm³/mol. The molecule has 2 saturated carbocycles. The minimum atomic E-state index is 0. The van der Waals surface area contributed by atoms with E-state index in [-0.39, 0.29) is 24.0 Å². The third kappa shape index (κ3) is 6.70. The topological polar surface area (TPSA) is 67.1 Å². The minimum absolute atomic E-state index is 0. The first-order valence-electron chi connectivity index (χ1n) is 10.3. The second-order valence-corrected chi connectivity index (χ2v) is 7.48. The molecule has 3 rings (SSSR count). The highest BCUT2D eigenvalue weighted by Crippen LogP contribution is 2.19. The van der Waals surface area contributed by atoms with Crippen molar-refractivity contribution in [2.24, 2.45) is 4.99 Å². The zero-order valence-corrected chi connectivity index (χ0v) is 18.5. The summed E-state index contributed by atoms with van der Waals surface area (Å²) in [6.45, 7) is 3.72. The fourth-order valence-electron chi connectivity index (χ4n) is 4.02. The Morgan fingerprint density at radius 3 is 2.15 bits per heavy atom. The summed E-state index contributed by atoms with van der Waals surface area (Å²) < 4.78 is 2.11. The van der Waals surface area contributed by atoms with Gasteiger partial charge in [0.2, 0.25) is 0 Å². The second-order valence-electron chi connectivity index (χ2n) is 7.48. The molecule has 0 bridgehead atoms. The van der Waals surface area contributed by atoms with Crippen LogP contribution in [0.4, 0.5) is 0 Å². The van der Waals surface area contributed by atoms with Gasteiger partial charge in [0.05, 0.1) is 6.54 Å². The van der Waals surface area contributed by atoms with E-state index in [1.54, 1.807) is 0 Å². The first-order chi connectivity index (χ1) is 12.3. The maximum atomic E-state index is 4.88. The lowest BCUT2D eigenvalue weighted by Gasteiger charge is -2.29. The number of aryl methyl sites for hydroxylation is 1. The minimum Gasteiger partial charge on any atom is -0.354 e. The van der Waals surface area contributed by atoms with E-state index in [0.29, 0.717) is 12.1 Å². The zero-order valence-electron chi connectivity index (χ0n) is 16.1. The van der Waals surface area contributed by atoms with Gasteiger partial charge in [-0.05, 0) is 25.7 Å². The van der Waals surface area contributed by atoms with Crippen LogP contribution in [0, 0.1) is 0 Å². The highest BCUT2D eigenvalue weighted by molar-refractivity contribution is 14.0. The summed E-state index contributed by atoms with van der Waals surface area (Å²) in [6.07, 6.45) is 16.0. The lowest BCUT2D eigenvalue weighted by atomic mass is 9.95. The first-order valence-corrected chi connectivity index (χ1v) is 10.3. The Balaban J connectivity index is 0.00000243. The monoisotopic (exact) mass is 474 g/mol. The van der Waals surface area contributed by atoms with E-state index in [1.165, 1.54) is 64.2 Å². The molecule has 0 saturated heterocycles. The van der Waals surface area contributed by atoms with Gasteiger partial charge in [0, 0.05) is 25.0 Å². The van der Waals surface area contributed by atoms with Gasteiger partial charge < -0.3 is 15.2 Å². The summed E-state index contributed by atoms with van der Waals surface area (Å²) in [5.74, 6) is 2.06. The quantitative estimate of drug-likeness (QED) is 0.375. The summed E-state index contributed by atoms with van der Waals surface area (Å²) in [7, 11) is 0. The molecule has 1 heterocycles. The fourth-order valence-corrected chi connectivity index (χ4v) is 4.02. The largest absolute Gasteiger partial charge is 0.354 e. The van der Waals surface area contributed by atoms with Gasteiger partial charge in [-0.25, -0.2) is 0 Å². The van der Waals surface area contributed by atoms with E-state index < -0.39 is 0 Å². The SMILES string of the molecule is CCc1nncn1CCN=C(NC1CCCCC1)NC1CCCCC1.I. The smallest absolute Gasteiger partial charge is 0.191 e. The number of halogens is 1. The van der Waals surface area contributed by atoms with Gasteiger partial charge in [0.1, 0.15) is 12.2 Å². The number of nitrogens with zero attached hydrogens (tertiary/aromatic N) is 4. The number of hydrogen-bond donors (Lipinski definition) is 2. The van der Waals surface area contributed by atoms with Crippen molar-refractivity contribution in [2.75, 3.05) is 6.54 Å². The van der Waals surface area contributed by atoms with Gasteiger partial charge in [-0.2, -0.15) is 0 Å². The molecule has 6 nitrogen and oxygen atoms in total. The highest BCUT2D eigenvalue weighted by Gasteiger charge is 2.18. The van der Waals surface area contributed by atoms with Gasteiger partial charge in [0.15, 0.2) is 5.96 Å². The van der Waals surface area contributed by atoms with Crippen molar-refractivity contribution in [1.82, 2.24) is 25.4 Å². The van der Waals surface area contributed by atoms with Crippen LogP contribution in [0.2, 0.25) is 0 Å². The molecule has 1 aromatic rings. The van der Waals surface area contributed by atoms with Crippen molar-refractivity contribution < 1.29 is 0 Å². The van der Waals surface area contributed by atoms with E-state index in [2.05, 4.69) is 32.3 Å². The van der Waals surface area contributed by atoms with Gasteiger partial charge in [-0.15, -0.1) is 34.2 Å². The molecule has 0 aliphatic heterocycles. The molecule has 0 amide bonds. The number of aromatic nitrogens is 3. The Labute approximate surface area is 175 Å². The molecule has 7 heteroatoms. The van der Waals surface area contributed by atoms with Gasteiger partial charge in [0.25, 0.3) is 0 Å². The van der Waals surface area contributed by atoms with Crippen molar-refractivity contribution in [3.63, 3.8) is 0 Å². The van der Waals surface area contributed by atoms with E-state index >= 15 is 0 Å². The van der Waals surface area contributed by atoms with Crippen molar-refractivity contribution in [2.45, 2.75) is 96.2 Å². The predicted octanol–water partition coefficient (Wildman–Crippen LogP) is 3.66. The highest BCUT2D eigenvalue weighted by atomic mass is 127. The summed E-state index contributed by atoms with van der Waals surface area (Å²) in [4.78, 5) is 4.88. The maximum Gasteiger partial charge on any atom is 0.191 e. The molecule has 0 spiro atoms. The Morgan fingerprint density at radius 1 is 1.04 bits per heavy atom. The first kappa shape index (κ1) is 21.4. The molecular formula is C19H35IN6. The third-order valence-corrected chi connectivity index (χ3v) is 5.51. The van der Waals surface area contributed by atoms with Crippen LogP contribution >= 0.6 is 24.0 Å². The van der Waals surface area contributed by atoms with E-state index in [1.807, 2.05) is 6.33 Å². The average molecular weight is 474 g/mol. The van der Waals surface area contributed by atoms with Crippen LogP contribution in [0.5, 0.6) is 0 Å². The lowest BCUT2D eigenvalue weighted by molar-refractivity contribution is 0.388. The standard InChI is InChI=1S/C19H34N6.HI/c1-2-18-24-21-15-25(18)14-13-20-19(22-16-9-5-3-6-10-16)23-17-11-7-4-8-12-17;/h15-17H,2-14H2,1H3,(H2,20,22,23);1H. The lowest BCUT2D eigenvalue weighted by Crippen LogP contribution is -2.48. The van der Waals surface area contributed by atoms with Crippen LogP contribution in [0.1, 0.15) is 77.0 Å². The van der Waals surface area contributed by atoms with Crippen molar-refractivity contribution in [3.05, 3.63) is 12.2 Å². The molecule has 2 aliphatic carbocycles. The molecule has 0 atom stereocenters. The normalized spacial score (nSPS) is 18.8. The number of guanidine groups is 1. The second kappa shape index (κ2) is 11.8. The van der Waals surface area contributed by atoms with Crippen molar-refractivity contribution in [1.29, 1.82) is 0 Å². The van der Waals surface area contributed by atoms with Gasteiger partial charge in [-0.3, -0.25) is 4.99 Å². The molecule has 1 aromatic heterocycles. The van der Waals surface area contributed by atoms with Crippen LogP contribution in [-0.4, -0.2) is 39.4 Å². The van der Waals surface area contributed by atoms with Crippen LogP contribution < -0.4 is 10.6 Å². The summed E-state index contributed by atoms with van der Waals surface area (Å²) in [5.41, 5.74) is 0. The number of aliphatic imine (C=N–C) groups is 1. The Morgan fingerprint density at radius 2 is 1.62 bits per heavy atom. The number of rotatable bonds is 6. The zero-order chi connectivity index (χ0) is 17.3. The maximum absolute atomic E-state index is 4.88. The fraction of sp³-hybridized carbons (Fsp3) is 0.842. The van der Waals surface area contributed by atoms with E-state index in [0.717, 1.165) is 31.3 Å². The van der Waals surface area contributed by atoms with E-state index in [9.17, 15) is 0 Å².